The summed E-state index contributed by atoms with van der Waals surface area (Å²) in [5.41, 5.74) is 0.940. The number of carbonyl (C=O) groups is 2. The van der Waals surface area contributed by atoms with Crippen molar-refractivity contribution in [1.29, 1.82) is 0 Å². The molecule has 0 saturated heterocycles. The van der Waals surface area contributed by atoms with Crippen LogP contribution >= 0.6 is 0 Å². The molecule has 1 fully saturated rings. The van der Waals surface area contributed by atoms with Crippen molar-refractivity contribution in [2.24, 2.45) is 0 Å². The van der Waals surface area contributed by atoms with Crippen LogP contribution in [0.1, 0.15) is 24.8 Å². The third-order valence-electron chi connectivity index (χ3n) is 2.76. The Balaban J connectivity index is 1.97. The van der Waals surface area contributed by atoms with E-state index in [2.05, 4.69) is 4.74 Å². The topological polar surface area (TPSA) is 59.8 Å². The predicted octanol–water partition coefficient (Wildman–Crippen LogP) is 1.33. The molecular weight excluding hydrogens is 222 g/mol. The van der Waals surface area contributed by atoms with E-state index in [9.17, 15) is 9.59 Å². The molecule has 0 atom stereocenters. The molecule has 1 aromatic heterocycles. The third-order valence-corrected chi connectivity index (χ3v) is 2.76. The molecule has 92 valence electrons. The van der Waals surface area contributed by atoms with Crippen LogP contribution in [-0.4, -0.2) is 29.9 Å². The highest BCUT2D eigenvalue weighted by molar-refractivity contribution is 5.94. The number of nitrogens with zero attached hydrogens (tertiary/aromatic N) is 1. The first-order valence-electron chi connectivity index (χ1n) is 5.58. The summed E-state index contributed by atoms with van der Waals surface area (Å²) in [6.07, 6.45) is 5.01. The van der Waals surface area contributed by atoms with E-state index in [1.807, 2.05) is 6.07 Å². The quantitative estimate of drug-likeness (QED) is 0.572. The normalized spacial score (nSPS) is 14.4. The number of hydrogen-bond donors (Lipinski definition) is 0. The largest absolute Gasteiger partial charge is 0.472 e. The van der Waals surface area contributed by atoms with Gasteiger partial charge < -0.3 is 14.1 Å². The molecule has 1 aromatic rings. The van der Waals surface area contributed by atoms with Gasteiger partial charge in [0.05, 0.1) is 19.6 Å². The molecule has 0 radical (unpaired) electrons. The summed E-state index contributed by atoms with van der Waals surface area (Å²) < 4.78 is 9.47. The Morgan fingerprint density at radius 2 is 2.29 bits per heavy atom. The molecule has 1 aliphatic carbocycles. The molecule has 1 amide bonds. The van der Waals surface area contributed by atoms with Gasteiger partial charge >= 0.3 is 5.97 Å². The molecule has 1 heterocycles. The number of methoxy groups -OCH3 is 1. The summed E-state index contributed by atoms with van der Waals surface area (Å²) in [6, 6.07) is 2.09. The maximum absolute atomic E-state index is 11.9. The van der Waals surface area contributed by atoms with Gasteiger partial charge in [-0.15, -0.1) is 0 Å². The van der Waals surface area contributed by atoms with E-state index < -0.39 is 5.97 Å². The van der Waals surface area contributed by atoms with Crippen molar-refractivity contribution in [2.75, 3.05) is 7.11 Å². The first-order valence-corrected chi connectivity index (χ1v) is 5.58. The lowest BCUT2D eigenvalue weighted by molar-refractivity contribution is -0.147. The van der Waals surface area contributed by atoms with Crippen LogP contribution in [0.5, 0.6) is 0 Å². The van der Waals surface area contributed by atoms with Gasteiger partial charge in [-0.25, -0.2) is 0 Å². The number of esters is 1. The number of amides is 1. The second kappa shape index (κ2) is 5.03. The zero-order valence-corrected chi connectivity index (χ0v) is 9.72. The number of furan rings is 1. The molecule has 0 spiro atoms. The van der Waals surface area contributed by atoms with Crippen LogP contribution in [-0.2, 0) is 20.9 Å². The summed E-state index contributed by atoms with van der Waals surface area (Å²) in [6.45, 7) is 0.497. The Morgan fingerprint density at radius 3 is 2.82 bits per heavy atom. The zero-order chi connectivity index (χ0) is 12.3. The fourth-order valence-corrected chi connectivity index (χ4v) is 1.68. The Morgan fingerprint density at radius 1 is 1.53 bits per heavy atom. The highest BCUT2D eigenvalue weighted by Crippen LogP contribution is 2.29. The minimum atomic E-state index is -0.493. The smallest absolute Gasteiger partial charge is 0.315 e. The zero-order valence-electron chi connectivity index (χ0n) is 9.72. The summed E-state index contributed by atoms with van der Waals surface area (Å²) >= 11 is 0. The van der Waals surface area contributed by atoms with Crippen LogP contribution < -0.4 is 0 Å². The monoisotopic (exact) mass is 237 g/mol. The second-order valence-corrected chi connectivity index (χ2v) is 4.14. The van der Waals surface area contributed by atoms with Gasteiger partial charge in [-0.1, -0.05) is 0 Å². The lowest BCUT2D eigenvalue weighted by Crippen LogP contribution is -2.34. The molecule has 1 saturated carbocycles. The third kappa shape index (κ3) is 3.09. The van der Waals surface area contributed by atoms with Crippen LogP contribution in [0.25, 0.3) is 0 Å². The Kier molecular flexibility index (Phi) is 3.46. The van der Waals surface area contributed by atoms with Crippen LogP contribution in [0, 0.1) is 0 Å². The molecular formula is C12H15NO4. The van der Waals surface area contributed by atoms with Crippen molar-refractivity contribution in [3.8, 4) is 0 Å². The van der Waals surface area contributed by atoms with E-state index in [1.54, 1.807) is 17.4 Å². The average molecular weight is 237 g/mol. The van der Waals surface area contributed by atoms with Crippen molar-refractivity contribution in [1.82, 2.24) is 4.90 Å². The van der Waals surface area contributed by atoms with Gasteiger partial charge in [0, 0.05) is 18.2 Å². The van der Waals surface area contributed by atoms with E-state index >= 15 is 0 Å². The van der Waals surface area contributed by atoms with E-state index in [0.717, 1.165) is 18.4 Å². The van der Waals surface area contributed by atoms with Gasteiger partial charge in [0.1, 0.15) is 6.42 Å². The van der Waals surface area contributed by atoms with Crippen molar-refractivity contribution in [3.63, 3.8) is 0 Å². The maximum atomic E-state index is 11.9. The molecule has 0 aliphatic heterocycles. The second-order valence-electron chi connectivity index (χ2n) is 4.14. The first-order chi connectivity index (χ1) is 8.20. The van der Waals surface area contributed by atoms with Crippen molar-refractivity contribution in [3.05, 3.63) is 24.2 Å². The predicted molar refractivity (Wildman–Crippen MR) is 58.9 cm³/mol. The van der Waals surface area contributed by atoms with Crippen LogP contribution in [0.15, 0.2) is 23.0 Å². The average Bonchev–Trinajstić information content (AvgIpc) is 3.03. The van der Waals surface area contributed by atoms with Crippen LogP contribution in [0.3, 0.4) is 0 Å². The number of carbonyl (C=O) groups excluding carboxylic acids is 2. The standard InChI is InChI=1S/C12H15NO4/c1-16-12(15)6-11(14)13(10-2-3-10)7-9-4-5-17-8-9/h4-5,8,10H,2-3,6-7H2,1H3. The highest BCUT2D eigenvalue weighted by Gasteiger charge is 2.33. The molecule has 5 nitrogen and oxygen atoms in total. The van der Waals surface area contributed by atoms with Gasteiger partial charge in [-0.3, -0.25) is 9.59 Å². The minimum absolute atomic E-state index is 0.180. The lowest BCUT2D eigenvalue weighted by atomic mass is 10.2. The molecule has 1 aliphatic rings. The number of hydrogen-bond acceptors (Lipinski definition) is 4. The van der Waals surface area contributed by atoms with Gasteiger partial charge in [0.25, 0.3) is 0 Å². The van der Waals surface area contributed by atoms with Gasteiger partial charge in [0.2, 0.25) is 5.91 Å². The molecule has 0 bridgehead atoms. The van der Waals surface area contributed by atoms with Gasteiger partial charge in [0.15, 0.2) is 0 Å². The van der Waals surface area contributed by atoms with Crippen molar-refractivity contribution >= 4 is 11.9 Å². The molecule has 5 heteroatoms. The Bertz CT molecular complexity index is 395. The maximum Gasteiger partial charge on any atom is 0.315 e. The highest BCUT2D eigenvalue weighted by atomic mass is 16.5. The summed E-state index contributed by atoms with van der Waals surface area (Å²) in [5, 5.41) is 0. The molecule has 2 rings (SSSR count). The SMILES string of the molecule is COC(=O)CC(=O)N(Cc1ccoc1)C1CC1. The number of rotatable bonds is 5. The lowest BCUT2D eigenvalue weighted by Gasteiger charge is -2.21. The van der Waals surface area contributed by atoms with E-state index in [0.29, 0.717) is 6.54 Å². The van der Waals surface area contributed by atoms with Crippen LogP contribution in [0.2, 0.25) is 0 Å². The van der Waals surface area contributed by atoms with Gasteiger partial charge in [-0.05, 0) is 18.9 Å². The summed E-state index contributed by atoms with van der Waals surface area (Å²) in [4.78, 5) is 24.7. The molecule has 0 aromatic carbocycles. The van der Waals surface area contributed by atoms with E-state index in [4.69, 9.17) is 4.42 Å². The Hall–Kier alpha value is -1.78. The van der Waals surface area contributed by atoms with Crippen molar-refractivity contribution < 1.29 is 18.7 Å². The fraction of sp³-hybridized carbons (Fsp3) is 0.500. The molecule has 0 N–H and O–H groups in total. The number of ether oxygens (including phenoxy) is 1. The first kappa shape index (κ1) is 11.7. The summed E-state index contributed by atoms with van der Waals surface area (Å²) in [5.74, 6) is -0.673. The molecule has 0 unspecified atom stereocenters. The van der Waals surface area contributed by atoms with Gasteiger partial charge in [-0.2, -0.15) is 0 Å². The van der Waals surface area contributed by atoms with Crippen molar-refractivity contribution in [2.45, 2.75) is 31.8 Å². The Labute approximate surface area is 99.3 Å². The van der Waals surface area contributed by atoms with E-state index in [-0.39, 0.29) is 18.4 Å². The fourth-order valence-electron chi connectivity index (χ4n) is 1.68. The van der Waals surface area contributed by atoms with Crippen LogP contribution in [0.4, 0.5) is 0 Å². The molecule has 17 heavy (non-hydrogen) atoms. The summed E-state index contributed by atoms with van der Waals surface area (Å²) in [7, 11) is 1.28. The van der Waals surface area contributed by atoms with E-state index in [1.165, 1.54) is 7.11 Å². The minimum Gasteiger partial charge on any atom is -0.472 e.